The molecule has 2 N–H and O–H groups in total. The van der Waals surface area contributed by atoms with E-state index in [1.807, 2.05) is 31.2 Å². The summed E-state index contributed by atoms with van der Waals surface area (Å²) in [5.41, 5.74) is 2.20. The SMILES string of the molecule is CCC(Cl)CNCCC(=O)Nc1c2ccc(Cl)cc2nc2ccc(OC)cc12. The number of hydrogen-bond donors (Lipinski definition) is 2. The van der Waals surface area contributed by atoms with Crippen molar-refractivity contribution in [3.63, 3.8) is 0 Å². The van der Waals surface area contributed by atoms with E-state index in [9.17, 15) is 4.79 Å². The van der Waals surface area contributed by atoms with E-state index in [1.54, 1.807) is 19.2 Å². The van der Waals surface area contributed by atoms with Crippen LogP contribution in [-0.4, -0.2) is 36.5 Å². The van der Waals surface area contributed by atoms with Gasteiger partial charge in [-0.05, 0) is 42.8 Å². The first-order valence-electron chi connectivity index (χ1n) is 9.23. The quantitative estimate of drug-likeness (QED) is 0.306. The van der Waals surface area contributed by atoms with E-state index in [4.69, 9.17) is 27.9 Å². The van der Waals surface area contributed by atoms with Gasteiger partial charge in [0.2, 0.25) is 5.91 Å². The second-order valence-electron chi connectivity index (χ2n) is 6.54. The van der Waals surface area contributed by atoms with Gasteiger partial charge in [0.1, 0.15) is 5.75 Å². The lowest BCUT2D eigenvalue weighted by atomic mass is 10.1. The van der Waals surface area contributed by atoms with Gasteiger partial charge in [-0.1, -0.05) is 18.5 Å². The molecule has 1 unspecified atom stereocenters. The number of amides is 1. The zero-order valence-corrected chi connectivity index (χ0v) is 17.4. The molecule has 148 valence electrons. The van der Waals surface area contributed by atoms with Crippen LogP contribution in [0.1, 0.15) is 19.8 Å². The Morgan fingerprint density at radius 3 is 2.75 bits per heavy atom. The molecular formula is C21H23Cl2N3O2. The molecule has 0 aliphatic heterocycles. The van der Waals surface area contributed by atoms with Gasteiger partial charge >= 0.3 is 0 Å². The molecule has 3 aromatic rings. The van der Waals surface area contributed by atoms with Gasteiger partial charge in [0, 0.05) is 40.7 Å². The Hall–Kier alpha value is -2.08. The lowest BCUT2D eigenvalue weighted by Crippen LogP contribution is -2.27. The molecule has 1 heterocycles. The average Bonchev–Trinajstić information content (AvgIpc) is 2.70. The highest BCUT2D eigenvalue weighted by Crippen LogP contribution is 2.34. The van der Waals surface area contributed by atoms with Gasteiger partial charge in [0.05, 0.1) is 23.8 Å². The minimum absolute atomic E-state index is 0.0772. The van der Waals surface area contributed by atoms with E-state index in [0.717, 1.165) is 28.2 Å². The van der Waals surface area contributed by atoms with Crippen molar-refractivity contribution >= 4 is 56.6 Å². The van der Waals surface area contributed by atoms with Crippen molar-refractivity contribution in [1.82, 2.24) is 10.3 Å². The standard InChI is InChI=1S/C21H23Cl2N3O2/c1-3-13(22)12-24-9-8-20(27)26-21-16-6-4-14(23)10-19(16)25-18-7-5-15(28-2)11-17(18)21/h4-7,10-11,13,24H,3,8-9,12H2,1-2H3,(H,25,26,27). The lowest BCUT2D eigenvalue weighted by molar-refractivity contribution is -0.116. The number of aromatic nitrogens is 1. The number of fused-ring (bicyclic) bond motifs is 2. The first-order valence-corrected chi connectivity index (χ1v) is 10.0. The number of nitrogens with zero attached hydrogens (tertiary/aromatic N) is 1. The number of nitrogens with one attached hydrogen (secondary N) is 2. The second kappa shape index (κ2) is 9.41. The molecule has 0 fully saturated rings. The summed E-state index contributed by atoms with van der Waals surface area (Å²) in [5.74, 6) is 0.620. The van der Waals surface area contributed by atoms with E-state index in [1.165, 1.54) is 0 Å². The number of pyridine rings is 1. The van der Waals surface area contributed by atoms with Crippen molar-refractivity contribution in [2.75, 3.05) is 25.5 Å². The van der Waals surface area contributed by atoms with Crippen LogP contribution in [0.2, 0.25) is 5.02 Å². The van der Waals surface area contributed by atoms with Crippen LogP contribution in [0, 0.1) is 0 Å². The van der Waals surface area contributed by atoms with Gasteiger partial charge in [-0.25, -0.2) is 4.98 Å². The van der Waals surface area contributed by atoms with Gasteiger partial charge in [0.25, 0.3) is 0 Å². The van der Waals surface area contributed by atoms with Crippen molar-refractivity contribution in [2.24, 2.45) is 0 Å². The number of halogens is 2. The van der Waals surface area contributed by atoms with Crippen LogP contribution >= 0.6 is 23.2 Å². The molecule has 0 aliphatic rings. The van der Waals surface area contributed by atoms with Crippen molar-refractivity contribution in [1.29, 1.82) is 0 Å². The summed E-state index contributed by atoms with van der Waals surface area (Å²) in [7, 11) is 1.61. The van der Waals surface area contributed by atoms with Gasteiger partial charge in [-0.15, -0.1) is 11.6 Å². The average molecular weight is 420 g/mol. The van der Waals surface area contributed by atoms with Crippen molar-refractivity contribution < 1.29 is 9.53 Å². The van der Waals surface area contributed by atoms with E-state index >= 15 is 0 Å². The van der Waals surface area contributed by atoms with E-state index < -0.39 is 0 Å². The Balaban J connectivity index is 1.89. The fourth-order valence-electron chi connectivity index (χ4n) is 2.96. The molecule has 0 saturated heterocycles. The predicted molar refractivity (Wildman–Crippen MR) is 117 cm³/mol. The van der Waals surface area contributed by atoms with Crippen LogP contribution < -0.4 is 15.4 Å². The summed E-state index contributed by atoms with van der Waals surface area (Å²) in [6.07, 6.45) is 1.23. The molecule has 0 saturated carbocycles. The Labute approximate surface area is 174 Å². The first kappa shape index (κ1) is 20.6. The highest BCUT2D eigenvalue weighted by atomic mass is 35.5. The van der Waals surface area contributed by atoms with Crippen LogP contribution in [0.15, 0.2) is 36.4 Å². The van der Waals surface area contributed by atoms with Crippen LogP contribution in [0.5, 0.6) is 5.75 Å². The third kappa shape index (κ3) is 4.85. The molecule has 2 aromatic carbocycles. The topological polar surface area (TPSA) is 63.2 Å². The third-order valence-electron chi connectivity index (χ3n) is 4.55. The van der Waals surface area contributed by atoms with Gasteiger partial charge in [0.15, 0.2) is 0 Å². The molecule has 1 atom stereocenters. The van der Waals surface area contributed by atoms with Crippen molar-refractivity contribution in [2.45, 2.75) is 25.1 Å². The maximum Gasteiger partial charge on any atom is 0.225 e. The number of carbonyl (C=O) groups is 1. The number of alkyl halides is 1. The summed E-state index contributed by atoms with van der Waals surface area (Å²) < 4.78 is 5.34. The first-order chi connectivity index (χ1) is 13.5. The van der Waals surface area contributed by atoms with Crippen LogP contribution in [-0.2, 0) is 4.79 Å². The molecule has 0 spiro atoms. The smallest absolute Gasteiger partial charge is 0.225 e. The number of hydrogen-bond acceptors (Lipinski definition) is 4. The minimum Gasteiger partial charge on any atom is -0.497 e. The highest BCUT2D eigenvalue weighted by molar-refractivity contribution is 6.31. The van der Waals surface area contributed by atoms with Gasteiger partial charge in [-0.3, -0.25) is 4.79 Å². The molecule has 0 aliphatic carbocycles. The predicted octanol–water partition coefficient (Wildman–Crippen LogP) is 4.99. The fraction of sp³-hybridized carbons (Fsp3) is 0.333. The number of rotatable bonds is 8. The number of carbonyl (C=O) groups excluding carboxylic acids is 1. The molecule has 0 bridgehead atoms. The Morgan fingerprint density at radius 2 is 2.00 bits per heavy atom. The van der Waals surface area contributed by atoms with Crippen LogP contribution in [0.25, 0.3) is 21.8 Å². The zero-order chi connectivity index (χ0) is 20.1. The highest BCUT2D eigenvalue weighted by Gasteiger charge is 2.13. The fourth-order valence-corrected chi connectivity index (χ4v) is 3.24. The number of anilines is 1. The molecule has 0 radical (unpaired) electrons. The molecule has 1 aromatic heterocycles. The maximum atomic E-state index is 12.6. The molecule has 28 heavy (non-hydrogen) atoms. The largest absolute Gasteiger partial charge is 0.497 e. The van der Waals surface area contributed by atoms with E-state index in [0.29, 0.717) is 36.0 Å². The number of benzene rings is 2. The summed E-state index contributed by atoms with van der Waals surface area (Å²) in [4.78, 5) is 17.2. The van der Waals surface area contributed by atoms with Crippen molar-refractivity contribution in [3.05, 3.63) is 41.4 Å². The maximum absolute atomic E-state index is 12.6. The normalized spacial score (nSPS) is 12.3. The van der Waals surface area contributed by atoms with Gasteiger partial charge in [-0.2, -0.15) is 0 Å². The monoisotopic (exact) mass is 419 g/mol. The summed E-state index contributed by atoms with van der Waals surface area (Å²) in [6, 6.07) is 11.1. The van der Waals surface area contributed by atoms with E-state index in [2.05, 4.69) is 15.6 Å². The second-order valence-corrected chi connectivity index (χ2v) is 7.59. The third-order valence-corrected chi connectivity index (χ3v) is 5.24. The summed E-state index contributed by atoms with van der Waals surface area (Å²) in [5, 5.41) is 8.59. The van der Waals surface area contributed by atoms with Crippen LogP contribution in [0.4, 0.5) is 5.69 Å². The molecule has 1 amide bonds. The number of methoxy groups -OCH3 is 1. The molecule has 3 rings (SSSR count). The minimum atomic E-state index is -0.0818. The Kier molecular flexibility index (Phi) is 6.94. The van der Waals surface area contributed by atoms with E-state index in [-0.39, 0.29) is 11.3 Å². The zero-order valence-electron chi connectivity index (χ0n) is 15.9. The molecular weight excluding hydrogens is 397 g/mol. The Morgan fingerprint density at radius 1 is 1.18 bits per heavy atom. The summed E-state index contributed by atoms with van der Waals surface area (Å²) >= 11 is 12.2. The molecule has 7 heteroatoms. The van der Waals surface area contributed by atoms with Crippen LogP contribution in [0.3, 0.4) is 0 Å². The van der Waals surface area contributed by atoms with Crippen molar-refractivity contribution in [3.8, 4) is 5.75 Å². The lowest BCUT2D eigenvalue weighted by Gasteiger charge is -2.14. The molecule has 5 nitrogen and oxygen atoms in total. The number of ether oxygens (including phenoxy) is 1. The summed E-state index contributed by atoms with van der Waals surface area (Å²) in [6.45, 7) is 3.28. The van der Waals surface area contributed by atoms with Gasteiger partial charge < -0.3 is 15.4 Å². The Bertz CT molecular complexity index is 994.